The molecule has 0 saturated heterocycles. The fraction of sp³-hybridized carbons (Fsp3) is 0.0233. The van der Waals surface area contributed by atoms with Crippen LogP contribution in [0.3, 0.4) is 0 Å². The topological polar surface area (TPSA) is 28.4 Å². The maximum absolute atomic E-state index is 6.38. The van der Waals surface area contributed by atoms with E-state index in [4.69, 9.17) is 4.42 Å². The molecule has 222 valence electrons. The molecule has 47 heavy (non-hydrogen) atoms. The molecule has 3 nitrogen and oxygen atoms in total. The summed E-state index contributed by atoms with van der Waals surface area (Å²) in [4.78, 5) is 3.66. The third kappa shape index (κ3) is 4.22. The van der Waals surface area contributed by atoms with E-state index in [1.807, 2.05) is 23.9 Å². The number of fused-ring (bicyclic) bond motifs is 10. The van der Waals surface area contributed by atoms with Crippen LogP contribution in [-0.2, 0) is 0 Å². The quantitative estimate of drug-likeness (QED) is 0.198. The SMILES string of the molecule is c1ccc(C2Nc3c(c4cc(N(c5ccc6ccccc6c5)c5ccc6c(c5)oc5ccccc56)ccc4c4ccccc34)S2)cc1. The third-order valence-electron chi connectivity index (χ3n) is 9.44. The highest BCUT2D eigenvalue weighted by atomic mass is 32.2. The summed E-state index contributed by atoms with van der Waals surface area (Å²) in [5.74, 6) is 0. The van der Waals surface area contributed by atoms with E-state index in [-0.39, 0.29) is 5.37 Å². The molecule has 8 aromatic carbocycles. The molecule has 1 atom stereocenters. The Morgan fingerprint density at radius 1 is 0.468 bits per heavy atom. The molecule has 1 aromatic heterocycles. The van der Waals surface area contributed by atoms with Gasteiger partial charge in [-0.2, -0.15) is 0 Å². The molecule has 0 spiro atoms. The lowest BCUT2D eigenvalue weighted by molar-refractivity contribution is 0.669. The summed E-state index contributed by atoms with van der Waals surface area (Å²) >= 11 is 1.91. The van der Waals surface area contributed by atoms with Crippen molar-refractivity contribution in [3.63, 3.8) is 0 Å². The molecule has 0 fully saturated rings. The van der Waals surface area contributed by atoms with E-state index in [1.54, 1.807) is 0 Å². The smallest absolute Gasteiger partial charge is 0.137 e. The zero-order valence-electron chi connectivity index (χ0n) is 25.4. The Bertz CT molecular complexity index is 2660. The molecule has 0 aliphatic carbocycles. The van der Waals surface area contributed by atoms with Crippen molar-refractivity contribution in [3.8, 4) is 0 Å². The lowest BCUT2D eigenvalue weighted by Crippen LogP contribution is -2.10. The summed E-state index contributed by atoms with van der Waals surface area (Å²) in [6, 6.07) is 56.6. The second kappa shape index (κ2) is 10.4. The van der Waals surface area contributed by atoms with Gasteiger partial charge in [-0.3, -0.25) is 0 Å². The van der Waals surface area contributed by atoms with Crippen LogP contribution in [0.15, 0.2) is 167 Å². The first kappa shape index (κ1) is 26.5. The van der Waals surface area contributed by atoms with E-state index in [0.29, 0.717) is 0 Å². The van der Waals surface area contributed by atoms with E-state index in [0.717, 1.165) is 39.0 Å². The summed E-state index contributed by atoms with van der Waals surface area (Å²) in [5.41, 5.74) is 7.53. The number of furan rings is 1. The number of hydrogen-bond acceptors (Lipinski definition) is 4. The fourth-order valence-electron chi connectivity index (χ4n) is 7.23. The Labute approximate surface area is 276 Å². The molecule has 10 rings (SSSR count). The predicted molar refractivity (Wildman–Crippen MR) is 200 cm³/mol. The van der Waals surface area contributed by atoms with Crippen LogP contribution in [0.2, 0.25) is 0 Å². The summed E-state index contributed by atoms with van der Waals surface area (Å²) in [5, 5.41) is 13.8. The van der Waals surface area contributed by atoms with Gasteiger partial charge in [-0.15, -0.1) is 0 Å². The summed E-state index contributed by atoms with van der Waals surface area (Å²) in [6.45, 7) is 0. The maximum atomic E-state index is 6.38. The molecule has 1 unspecified atom stereocenters. The average molecular weight is 621 g/mol. The first-order valence-corrected chi connectivity index (χ1v) is 16.8. The number of nitrogens with one attached hydrogen (secondary N) is 1. The number of hydrogen-bond donors (Lipinski definition) is 1. The lowest BCUT2D eigenvalue weighted by Gasteiger charge is -2.26. The molecule has 1 aliphatic rings. The number of rotatable bonds is 4. The highest BCUT2D eigenvalue weighted by molar-refractivity contribution is 8.00. The number of thioether (sulfide) groups is 1. The lowest BCUT2D eigenvalue weighted by atomic mass is 9.98. The molecule has 9 aromatic rings. The van der Waals surface area contributed by atoms with E-state index >= 15 is 0 Å². The largest absolute Gasteiger partial charge is 0.456 e. The van der Waals surface area contributed by atoms with Crippen molar-refractivity contribution in [1.29, 1.82) is 0 Å². The van der Waals surface area contributed by atoms with Crippen LogP contribution in [0.25, 0.3) is 54.3 Å². The van der Waals surface area contributed by atoms with Gasteiger partial charge in [-0.1, -0.05) is 121 Å². The molecule has 4 heteroatoms. The van der Waals surface area contributed by atoms with E-state index in [9.17, 15) is 0 Å². The molecular formula is C43H28N2OS. The normalized spacial score (nSPS) is 14.3. The average Bonchev–Trinajstić information content (AvgIpc) is 3.75. The van der Waals surface area contributed by atoms with Crippen molar-refractivity contribution in [2.45, 2.75) is 10.3 Å². The highest BCUT2D eigenvalue weighted by Crippen LogP contribution is 2.54. The first-order valence-electron chi connectivity index (χ1n) is 16.0. The van der Waals surface area contributed by atoms with Crippen LogP contribution in [0.5, 0.6) is 0 Å². The summed E-state index contributed by atoms with van der Waals surface area (Å²) in [7, 11) is 0. The van der Waals surface area contributed by atoms with Gasteiger partial charge in [-0.05, 0) is 69.6 Å². The maximum Gasteiger partial charge on any atom is 0.137 e. The van der Waals surface area contributed by atoms with Crippen LogP contribution in [-0.4, -0.2) is 0 Å². The second-order valence-electron chi connectivity index (χ2n) is 12.2. The Morgan fingerprint density at radius 2 is 1.09 bits per heavy atom. The van der Waals surface area contributed by atoms with Crippen LogP contribution in [0, 0.1) is 0 Å². The minimum atomic E-state index is 0.149. The molecular weight excluding hydrogens is 593 g/mol. The van der Waals surface area contributed by atoms with Crippen molar-refractivity contribution in [1.82, 2.24) is 0 Å². The van der Waals surface area contributed by atoms with Gasteiger partial charge in [0.25, 0.3) is 0 Å². The molecule has 1 N–H and O–H groups in total. The summed E-state index contributed by atoms with van der Waals surface area (Å²) in [6.07, 6.45) is 0. The van der Waals surface area contributed by atoms with Gasteiger partial charge in [-0.25, -0.2) is 0 Å². The van der Waals surface area contributed by atoms with Crippen LogP contribution in [0.1, 0.15) is 10.9 Å². The van der Waals surface area contributed by atoms with Crippen molar-refractivity contribution in [2.24, 2.45) is 0 Å². The van der Waals surface area contributed by atoms with Crippen LogP contribution < -0.4 is 10.2 Å². The zero-order chi connectivity index (χ0) is 30.9. The van der Waals surface area contributed by atoms with Gasteiger partial charge >= 0.3 is 0 Å². The van der Waals surface area contributed by atoms with Gasteiger partial charge < -0.3 is 14.6 Å². The minimum absolute atomic E-state index is 0.149. The highest BCUT2D eigenvalue weighted by Gasteiger charge is 2.28. The van der Waals surface area contributed by atoms with Gasteiger partial charge in [0.15, 0.2) is 0 Å². The Kier molecular flexibility index (Phi) is 5.87. The number of para-hydroxylation sites is 1. The van der Waals surface area contributed by atoms with Crippen molar-refractivity contribution < 1.29 is 4.42 Å². The van der Waals surface area contributed by atoms with Gasteiger partial charge in [0.1, 0.15) is 16.5 Å². The molecule has 2 heterocycles. The van der Waals surface area contributed by atoms with Crippen molar-refractivity contribution in [3.05, 3.63) is 163 Å². The van der Waals surface area contributed by atoms with Gasteiger partial charge in [0.05, 0.1) is 5.69 Å². The van der Waals surface area contributed by atoms with Gasteiger partial charge in [0, 0.05) is 49.6 Å². The number of nitrogens with zero attached hydrogens (tertiary/aromatic N) is 1. The molecule has 0 bridgehead atoms. The zero-order valence-corrected chi connectivity index (χ0v) is 26.2. The second-order valence-corrected chi connectivity index (χ2v) is 13.3. The fourth-order valence-corrected chi connectivity index (χ4v) is 8.52. The van der Waals surface area contributed by atoms with Crippen molar-refractivity contribution >= 4 is 88.8 Å². The third-order valence-corrected chi connectivity index (χ3v) is 10.7. The van der Waals surface area contributed by atoms with Crippen LogP contribution >= 0.6 is 11.8 Å². The first-order chi connectivity index (χ1) is 23.3. The van der Waals surface area contributed by atoms with E-state index in [2.05, 4.69) is 156 Å². The molecule has 0 saturated carbocycles. The van der Waals surface area contributed by atoms with Crippen molar-refractivity contribution in [2.75, 3.05) is 10.2 Å². The summed E-state index contributed by atoms with van der Waals surface area (Å²) < 4.78 is 6.38. The Balaban J connectivity index is 1.20. The minimum Gasteiger partial charge on any atom is -0.456 e. The van der Waals surface area contributed by atoms with Crippen LogP contribution in [0.4, 0.5) is 22.7 Å². The van der Waals surface area contributed by atoms with E-state index < -0.39 is 0 Å². The molecule has 0 amide bonds. The Morgan fingerprint density at radius 3 is 1.96 bits per heavy atom. The van der Waals surface area contributed by atoms with Gasteiger partial charge in [0.2, 0.25) is 0 Å². The van der Waals surface area contributed by atoms with E-state index in [1.165, 1.54) is 48.5 Å². The molecule has 0 radical (unpaired) electrons. The number of benzene rings is 8. The standard InChI is InChI=1S/C43H28N2OS/c1-2-11-28(12-3-1)43-44-41-37-16-7-6-14-33(37)34-22-20-31(25-38(34)42(41)47-43)45(30-19-18-27-10-4-5-13-29(27)24-30)32-21-23-36-35-15-8-9-17-39(35)46-40(36)26-32/h1-26,43-44H. The predicted octanol–water partition coefficient (Wildman–Crippen LogP) is 12.7. The number of anilines is 4. The molecule has 1 aliphatic heterocycles. The monoisotopic (exact) mass is 620 g/mol. The Hall–Kier alpha value is -5.71.